The highest BCUT2D eigenvalue weighted by Crippen LogP contribution is 2.53. The van der Waals surface area contributed by atoms with E-state index in [-0.39, 0.29) is 48.2 Å². The molecule has 4 rings (SSSR count). The average molecular weight is 573 g/mol. The number of aliphatic hydroxyl groups excluding tert-OH is 2. The molecule has 1 amide bonds. The summed E-state index contributed by atoms with van der Waals surface area (Å²) in [6, 6.07) is 0.682. The van der Waals surface area contributed by atoms with E-state index in [0.29, 0.717) is 17.7 Å². The Bertz CT molecular complexity index is 1360. The van der Waals surface area contributed by atoms with Gasteiger partial charge in [-0.25, -0.2) is 0 Å². The molecular formula is C29H40N4O8. The number of primary amides is 1. The molecule has 12 heteroatoms. The Balaban J connectivity index is 1.90. The molecule has 0 radical (unpaired) electrons. The van der Waals surface area contributed by atoms with Crippen molar-refractivity contribution in [3.05, 3.63) is 45.2 Å². The Morgan fingerprint density at radius 2 is 1.83 bits per heavy atom. The summed E-state index contributed by atoms with van der Waals surface area (Å²) in [6.07, 6.45) is 0.233. The number of hydrogen-bond acceptors (Lipinski definition) is 11. The lowest BCUT2D eigenvalue weighted by atomic mass is 9.57. The van der Waals surface area contributed by atoms with E-state index in [2.05, 4.69) is 31.6 Å². The first kappa shape index (κ1) is 30.7. The Morgan fingerprint density at radius 3 is 2.39 bits per heavy atom. The van der Waals surface area contributed by atoms with Crippen molar-refractivity contribution < 1.29 is 39.6 Å². The summed E-state index contributed by atoms with van der Waals surface area (Å²) in [4.78, 5) is 46.0. The summed E-state index contributed by atoms with van der Waals surface area (Å²) in [6.45, 7) is 7.37. The zero-order valence-electron chi connectivity index (χ0n) is 24.3. The van der Waals surface area contributed by atoms with Gasteiger partial charge in [0.1, 0.15) is 22.8 Å². The Kier molecular flexibility index (Phi) is 8.11. The van der Waals surface area contributed by atoms with Gasteiger partial charge in [-0.1, -0.05) is 20.8 Å². The maximum Gasteiger partial charge on any atom is 0.255 e. The van der Waals surface area contributed by atoms with E-state index < -0.39 is 58.0 Å². The molecule has 0 heterocycles. The van der Waals surface area contributed by atoms with Gasteiger partial charge < -0.3 is 36.3 Å². The van der Waals surface area contributed by atoms with Crippen LogP contribution in [0.3, 0.4) is 0 Å². The molecule has 0 spiro atoms. The summed E-state index contributed by atoms with van der Waals surface area (Å²) < 4.78 is 0. The fraction of sp³-hybridized carbons (Fsp3) is 0.552. The van der Waals surface area contributed by atoms with E-state index in [1.807, 2.05) is 6.07 Å². The number of aliphatic hydroxyl groups is 3. The molecule has 1 saturated carbocycles. The normalized spacial score (nSPS) is 26.3. The van der Waals surface area contributed by atoms with Gasteiger partial charge in [0.25, 0.3) is 5.91 Å². The summed E-state index contributed by atoms with van der Waals surface area (Å²) in [5.41, 5.74) is 6.34. The van der Waals surface area contributed by atoms with Crippen molar-refractivity contribution in [3.8, 4) is 5.75 Å². The highest BCUT2D eigenvalue weighted by molar-refractivity contribution is 6.24. The number of nitrogens with one attached hydrogen (secondary N) is 2. The van der Waals surface area contributed by atoms with Crippen LogP contribution in [0.4, 0.5) is 0 Å². The number of likely N-dealkylation sites (N-methyl/N-ethyl adjacent to an activating group) is 1. The number of amides is 1. The summed E-state index contributed by atoms with van der Waals surface area (Å²) in [5.74, 6) is -6.71. The van der Waals surface area contributed by atoms with E-state index in [9.17, 15) is 34.8 Å². The molecule has 12 nitrogen and oxygen atoms in total. The lowest BCUT2D eigenvalue weighted by Gasteiger charge is -2.50. The molecule has 41 heavy (non-hydrogen) atoms. The number of fused-ring (bicyclic) bond motifs is 3. The molecule has 1 aromatic rings. The molecule has 0 aliphatic heterocycles. The van der Waals surface area contributed by atoms with Crippen LogP contribution in [0, 0.1) is 17.3 Å². The number of carbonyl (C=O) groups excluding carboxylic acids is 3. The van der Waals surface area contributed by atoms with Crippen molar-refractivity contribution in [3.63, 3.8) is 0 Å². The standard InChI is InChI=1S/C29H40N4O8/c1-28(2,3)12-31-10-15-7-14(11-32-41-6)16-8-13-9-17-21(33(4)5)24(36)20(27(30)39)26(38)29(17,40)25(37)18(13)23(35)19(16)22(15)34/h7,13,17,21,31-32,34-35,38,40H,8-12H2,1-6H3,(H2,30,39)/t13-,17-,21-,29-/m0/s1. The van der Waals surface area contributed by atoms with Crippen LogP contribution in [-0.4, -0.2) is 82.2 Å². The van der Waals surface area contributed by atoms with Gasteiger partial charge in [0, 0.05) is 36.7 Å². The fourth-order valence-corrected chi connectivity index (χ4v) is 6.46. The van der Waals surface area contributed by atoms with E-state index in [1.54, 1.807) is 14.1 Å². The smallest absolute Gasteiger partial charge is 0.255 e. The van der Waals surface area contributed by atoms with Crippen LogP contribution in [0.25, 0.3) is 5.76 Å². The van der Waals surface area contributed by atoms with Crippen molar-refractivity contribution >= 4 is 23.2 Å². The van der Waals surface area contributed by atoms with Crippen molar-refractivity contribution in [1.29, 1.82) is 0 Å². The zero-order valence-corrected chi connectivity index (χ0v) is 24.3. The van der Waals surface area contributed by atoms with Gasteiger partial charge in [-0.2, -0.15) is 5.48 Å². The third-order valence-electron chi connectivity index (χ3n) is 8.27. The topological polar surface area (TPSA) is 195 Å². The minimum atomic E-state index is -2.67. The van der Waals surface area contributed by atoms with Crippen molar-refractivity contribution in [2.45, 2.75) is 58.3 Å². The van der Waals surface area contributed by atoms with E-state index in [0.717, 1.165) is 5.56 Å². The van der Waals surface area contributed by atoms with Crippen molar-refractivity contribution in [1.82, 2.24) is 15.7 Å². The minimum absolute atomic E-state index is 0.0207. The third kappa shape index (κ3) is 5.04. The third-order valence-corrected chi connectivity index (χ3v) is 8.27. The van der Waals surface area contributed by atoms with Crippen molar-refractivity contribution in [2.75, 3.05) is 27.7 Å². The molecule has 8 N–H and O–H groups in total. The molecule has 0 unspecified atom stereocenters. The van der Waals surface area contributed by atoms with E-state index >= 15 is 0 Å². The summed E-state index contributed by atoms with van der Waals surface area (Å²) in [7, 11) is 4.60. The fourth-order valence-electron chi connectivity index (χ4n) is 6.46. The maximum absolute atomic E-state index is 14.1. The second-order valence-electron chi connectivity index (χ2n) is 12.5. The van der Waals surface area contributed by atoms with Crippen LogP contribution >= 0.6 is 0 Å². The number of Topliss-reactive ketones (excluding diaryl/α,β-unsaturated/α-hetero) is 2. The van der Waals surface area contributed by atoms with Gasteiger partial charge in [-0.15, -0.1) is 0 Å². The molecule has 1 aromatic carbocycles. The Labute approximate surface area is 238 Å². The monoisotopic (exact) mass is 572 g/mol. The number of phenolic OH excluding ortho intramolecular Hbond substituents is 1. The number of aromatic hydroxyl groups is 1. The van der Waals surface area contributed by atoms with Gasteiger partial charge in [-0.05, 0) is 55.5 Å². The van der Waals surface area contributed by atoms with Crippen molar-refractivity contribution in [2.24, 2.45) is 23.0 Å². The minimum Gasteiger partial charge on any atom is -0.508 e. The number of hydroxylamine groups is 1. The lowest BCUT2D eigenvalue weighted by molar-refractivity contribution is -0.153. The molecule has 224 valence electrons. The Hall–Kier alpha value is -3.29. The largest absolute Gasteiger partial charge is 0.508 e. The molecule has 1 fully saturated rings. The highest BCUT2D eigenvalue weighted by atomic mass is 16.6. The van der Waals surface area contributed by atoms with Gasteiger partial charge in [-0.3, -0.25) is 19.3 Å². The van der Waals surface area contributed by atoms with Crippen LogP contribution in [0.5, 0.6) is 5.75 Å². The number of hydrogen-bond donors (Lipinski definition) is 7. The second-order valence-corrected chi connectivity index (χ2v) is 12.5. The van der Waals surface area contributed by atoms with Gasteiger partial charge >= 0.3 is 0 Å². The number of nitrogens with zero attached hydrogens (tertiary/aromatic N) is 1. The molecule has 3 aliphatic rings. The van der Waals surface area contributed by atoms with Crippen LogP contribution in [0.2, 0.25) is 0 Å². The number of benzene rings is 1. The Morgan fingerprint density at radius 1 is 1.17 bits per heavy atom. The van der Waals surface area contributed by atoms with Crippen LogP contribution < -0.4 is 16.5 Å². The predicted molar refractivity (Wildman–Crippen MR) is 149 cm³/mol. The molecule has 4 atom stereocenters. The van der Waals surface area contributed by atoms with Gasteiger partial charge in [0.2, 0.25) is 5.78 Å². The first-order valence-corrected chi connectivity index (χ1v) is 13.5. The second kappa shape index (κ2) is 10.8. The van der Waals surface area contributed by atoms with E-state index in [1.165, 1.54) is 12.0 Å². The zero-order chi connectivity index (χ0) is 30.6. The molecule has 0 saturated heterocycles. The summed E-state index contributed by atoms with van der Waals surface area (Å²) >= 11 is 0. The SMILES string of the molecule is CONCc1cc(CNCC(C)(C)C)c(O)c2c1C[C@H]1C[C@H]3[C@H](N(C)C)C(=O)C(C(N)=O)=C(O)[C@@]3(O)C(=O)C1=C2O. The first-order valence-electron chi connectivity index (χ1n) is 13.5. The number of nitrogens with two attached hydrogens (primary N) is 1. The number of carbonyl (C=O) groups is 3. The molecule has 0 aromatic heterocycles. The first-order chi connectivity index (χ1) is 19.1. The van der Waals surface area contributed by atoms with Crippen LogP contribution in [0.15, 0.2) is 23.0 Å². The predicted octanol–water partition coefficient (Wildman–Crippen LogP) is 0.751. The molecular weight excluding hydrogens is 532 g/mol. The molecule has 3 aliphatic carbocycles. The average Bonchev–Trinajstić information content (AvgIpc) is 2.85. The maximum atomic E-state index is 14.1. The quantitative estimate of drug-likeness (QED) is 0.172. The summed E-state index contributed by atoms with van der Waals surface area (Å²) in [5, 5.41) is 49.0. The van der Waals surface area contributed by atoms with Crippen LogP contribution in [-0.2, 0) is 38.7 Å². The van der Waals surface area contributed by atoms with Crippen LogP contribution in [0.1, 0.15) is 49.4 Å². The lowest BCUT2D eigenvalue weighted by Crippen LogP contribution is -2.65. The molecule has 0 bridgehead atoms. The highest BCUT2D eigenvalue weighted by Gasteiger charge is 2.64. The number of phenols is 1. The van der Waals surface area contributed by atoms with Gasteiger partial charge in [0.05, 0.1) is 18.7 Å². The van der Waals surface area contributed by atoms with E-state index in [4.69, 9.17) is 10.6 Å². The number of ketones is 2. The number of rotatable bonds is 8. The van der Waals surface area contributed by atoms with Gasteiger partial charge in [0.15, 0.2) is 11.4 Å².